The summed E-state index contributed by atoms with van der Waals surface area (Å²) in [5, 5.41) is 26.5. The fraction of sp³-hybridized carbons (Fsp3) is 0.421. The van der Waals surface area contributed by atoms with E-state index in [9.17, 15) is 14.7 Å². The number of hydrogen-bond acceptors (Lipinski definition) is 6. The van der Waals surface area contributed by atoms with Crippen LogP contribution >= 0.6 is 0 Å². The lowest BCUT2D eigenvalue weighted by Gasteiger charge is -2.17. The molecule has 31 heavy (non-hydrogen) atoms. The predicted octanol–water partition coefficient (Wildman–Crippen LogP) is -0.639. The maximum atomic E-state index is 12.0. The minimum absolute atomic E-state index is 0.0168. The molecule has 1 aromatic rings. The van der Waals surface area contributed by atoms with Crippen LogP contribution in [0.2, 0.25) is 0 Å². The van der Waals surface area contributed by atoms with E-state index in [0.717, 1.165) is 19.4 Å². The monoisotopic (exact) mass is 441 g/mol. The van der Waals surface area contributed by atoms with Crippen molar-refractivity contribution in [3.63, 3.8) is 0 Å². The SMILES string of the molecule is CC(=O)O.CC(=O)O.NC(N)=NCCC[C@H](N)C(=O)N[C@@H](Cc1ccccc1)C(=O)O. The van der Waals surface area contributed by atoms with E-state index in [2.05, 4.69) is 10.3 Å². The molecular formula is C19H31N5O7. The van der Waals surface area contributed by atoms with E-state index >= 15 is 0 Å². The van der Waals surface area contributed by atoms with Crippen molar-refractivity contribution >= 4 is 29.8 Å². The first-order valence-corrected chi connectivity index (χ1v) is 9.13. The van der Waals surface area contributed by atoms with Gasteiger partial charge in [-0.25, -0.2) is 4.79 Å². The number of nitrogens with two attached hydrogens (primary N) is 3. The molecule has 0 spiro atoms. The average molecular weight is 441 g/mol. The van der Waals surface area contributed by atoms with Crippen LogP contribution in [0.4, 0.5) is 0 Å². The third-order valence-corrected chi connectivity index (χ3v) is 3.20. The van der Waals surface area contributed by atoms with Crippen LogP contribution in [-0.2, 0) is 25.6 Å². The molecule has 0 radical (unpaired) electrons. The molecule has 0 aliphatic rings. The largest absolute Gasteiger partial charge is 0.481 e. The van der Waals surface area contributed by atoms with E-state index in [-0.39, 0.29) is 12.4 Å². The summed E-state index contributed by atoms with van der Waals surface area (Å²) in [6, 6.07) is 7.24. The van der Waals surface area contributed by atoms with Crippen LogP contribution in [0.1, 0.15) is 32.3 Å². The van der Waals surface area contributed by atoms with Gasteiger partial charge < -0.3 is 37.8 Å². The summed E-state index contributed by atoms with van der Waals surface area (Å²) in [4.78, 5) is 45.1. The molecule has 0 heterocycles. The highest BCUT2D eigenvalue weighted by Crippen LogP contribution is 2.04. The number of rotatable bonds is 9. The summed E-state index contributed by atoms with van der Waals surface area (Å²) in [6.45, 7) is 2.54. The van der Waals surface area contributed by atoms with E-state index < -0.39 is 35.9 Å². The van der Waals surface area contributed by atoms with Crippen molar-refractivity contribution in [1.82, 2.24) is 5.32 Å². The van der Waals surface area contributed by atoms with Gasteiger partial charge in [0.2, 0.25) is 5.91 Å². The molecule has 0 saturated heterocycles. The van der Waals surface area contributed by atoms with Gasteiger partial charge >= 0.3 is 5.97 Å². The summed E-state index contributed by atoms with van der Waals surface area (Å²) in [7, 11) is 0. The van der Waals surface area contributed by atoms with Gasteiger partial charge in [0.1, 0.15) is 6.04 Å². The molecule has 0 bridgehead atoms. The Kier molecular flexibility index (Phi) is 16.4. The number of nitrogens with zero attached hydrogens (tertiary/aromatic N) is 1. The maximum absolute atomic E-state index is 12.0. The Morgan fingerprint density at radius 1 is 1.00 bits per heavy atom. The second kappa shape index (κ2) is 17.2. The van der Waals surface area contributed by atoms with Gasteiger partial charge in [-0.1, -0.05) is 30.3 Å². The van der Waals surface area contributed by atoms with Crippen molar-refractivity contribution in [2.75, 3.05) is 6.54 Å². The molecule has 0 aromatic heterocycles. The summed E-state index contributed by atoms with van der Waals surface area (Å²) in [5.74, 6) is -3.29. The lowest BCUT2D eigenvalue weighted by Crippen LogP contribution is -2.49. The van der Waals surface area contributed by atoms with Gasteiger partial charge in [-0.15, -0.1) is 0 Å². The third-order valence-electron chi connectivity index (χ3n) is 3.20. The number of carbonyl (C=O) groups excluding carboxylic acids is 1. The highest BCUT2D eigenvalue weighted by Gasteiger charge is 2.23. The Balaban J connectivity index is 0. The van der Waals surface area contributed by atoms with Gasteiger partial charge in [0.15, 0.2) is 5.96 Å². The number of carboxylic acids is 3. The maximum Gasteiger partial charge on any atom is 0.326 e. The normalized spacial score (nSPS) is 11.2. The fourth-order valence-electron chi connectivity index (χ4n) is 1.98. The second-order valence-electron chi connectivity index (χ2n) is 6.18. The van der Waals surface area contributed by atoms with Crippen LogP contribution in [-0.4, -0.2) is 63.7 Å². The van der Waals surface area contributed by atoms with Crippen molar-refractivity contribution in [1.29, 1.82) is 0 Å². The molecule has 0 aliphatic heterocycles. The van der Waals surface area contributed by atoms with E-state index in [1.54, 1.807) is 12.1 Å². The fourth-order valence-corrected chi connectivity index (χ4v) is 1.98. The molecule has 1 aromatic carbocycles. The smallest absolute Gasteiger partial charge is 0.326 e. The average Bonchev–Trinajstić information content (AvgIpc) is 2.64. The first kappa shape index (κ1) is 29.5. The zero-order valence-electron chi connectivity index (χ0n) is 17.5. The van der Waals surface area contributed by atoms with Crippen LogP contribution in [0, 0.1) is 0 Å². The Morgan fingerprint density at radius 3 is 1.90 bits per heavy atom. The zero-order valence-corrected chi connectivity index (χ0v) is 17.5. The lowest BCUT2D eigenvalue weighted by molar-refractivity contribution is -0.142. The van der Waals surface area contributed by atoms with Crippen LogP contribution in [0.15, 0.2) is 35.3 Å². The highest BCUT2D eigenvalue weighted by atomic mass is 16.4. The first-order chi connectivity index (χ1) is 14.4. The summed E-state index contributed by atoms with van der Waals surface area (Å²) in [6.07, 6.45) is 1.09. The molecule has 0 fully saturated rings. The number of amides is 1. The van der Waals surface area contributed by atoms with Crippen molar-refractivity contribution in [3.8, 4) is 0 Å². The molecule has 1 amide bonds. The topological polar surface area (TPSA) is 231 Å². The zero-order chi connectivity index (χ0) is 24.4. The van der Waals surface area contributed by atoms with E-state index in [0.29, 0.717) is 19.4 Å². The van der Waals surface area contributed by atoms with Gasteiger partial charge in [0.05, 0.1) is 6.04 Å². The van der Waals surface area contributed by atoms with Gasteiger partial charge in [-0.05, 0) is 18.4 Å². The number of benzene rings is 1. The minimum Gasteiger partial charge on any atom is -0.481 e. The standard InChI is InChI=1S/C15H23N5O3.2C2H4O2/c16-11(7-4-8-19-15(17)18)13(21)20-12(14(22)23)9-10-5-2-1-3-6-10;2*1-2(3)4/h1-3,5-6,11-12H,4,7-9,16H2,(H,20,21)(H,22,23)(H4,17,18,19);2*1H3,(H,3,4)/t11-,12-;;/m0../s1. The van der Waals surface area contributed by atoms with Crippen LogP contribution in [0.5, 0.6) is 0 Å². The second-order valence-corrected chi connectivity index (χ2v) is 6.18. The number of aliphatic carboxylic acids is 3. The molecule has 0 saturated carbocycles. The van der Waals surface area contributed by atoms with Crippen molar-refractivity contribution in [2.24, 2.45) is 22.2 Å². The Bertz CT molecular complexity index is 702. The molecule has 12 heteroatoms. The minimum atomic E-state index is -1.10. The molecule has 0 aliphatic carbocycles. The lowest BCUT2D eigenvalue weighted by atomic mass is 10.0. The number of carboxylic acid groups (broad SMARTS) is 3. The number of aliphatic imine (C=N–C) groups is 1. The molecule has 174 valence electrons. The van der Waals surface area contributed by atoms with Gasteiger partial charge in [0, 0.05) is 26.8 Å². The van der Waals surface area contributed by atoms with Crippen LogP contribution in [0.3, 0.4) is 0 Å². The predicted molar refractivity (Wildman–Crippen MR) is 114 cm³/mol. The molecule has 0 unspecified atom stereocenters. The number of carbonyl (C=O) groups is 4. The third kappa shape index (κ3) is 20.9. The molecule has 12 nitrogen and oxygen atoms in total. The van der Waals surface area contributed by atoms with E-state index in [4.69, 9.17) is 37.0 Å². The molecule has 10 N–H and O–H groups in total. The van der Waals surface area contributed by atoms with Crippen molar-refractivity contribution in [2.45, 2.75) is 45.2 Å². The quantitative estimate of drug-likeness (QED) is 0.145. The van der Waals surface area contributed by atoms with Gasteiger partial charge in [-0.2, -0.15) is 0 Å². The Morgan fingerprint density at radius 2 is 1.48 bits per heavy atom. The number of guanidine groups is 1. The molecular weight excluding hydrogens is 410 g/mol. The van der Waals surface area contributed by atoms with E-state index in [1.165, 1.54) is 0 Å². The molecule has 2 atom stereocenters. The van der Waals surface area contributed by atoms with Crippen LogP contribution in [0.25, 0.3) is 0 Å². The summed E-state index contributed by atoms with van der Waals surface area (Å²) in [5.41, 5.74) is 17.0. The summed E-state index contributed by atoms with van der Waals surface area (Å²) >= 11 is 0. The Hall–Kier alpha value is -3.67. The van der Waals surface area contributed by atoms with Crippen molar-refractivity contribution in [3.05, 3.63) is 35.9 Å². The Labute approximate surface area is 180 Å². The first-order valence-electron chi connectivity index (χ1n) is 9.13. The van der Waals surface area contributed by atoms with Crippen LogP contribution < -0.4 is 22.5 Å². The number of hydrogen-bond donors (Lipinski definition) is 7. The van der Waals surface area contributed by atoms with Gasteiger partial charge in [-0.3, -0.25) is 19.4 Å². The van der Waals surface area contributed by atoms with E-state index in [1.807, 2.05) is 18.2 Å². The molecule has 1 rings (SSSR count). The van der Waals surface area contributed by atoms with Crippen molar-refractivity contribution < 1.29 is 34.5 Å². The highest BCUT2D eigenvalue weighted by molar-refractivity contribution is 5.86. The summed E-state index contributed by atoms with van der Waals surface area (Å²) < 4.78 is 0. The van der Waals surface area contributed by atoms with Gasteiger partial charge in [0.25, 0.3) is 11.9 Å². The number of nitrogens with one attached hydrogen (secondary N) is 1.